The second kappa shape index (κ2) is 6.58. The average molecular weight is 347 g/mol. The zero-order chi connectivity index (χ0) is 18.0. The van der Waals surface area contributed by atoms with Crippen LogP contribution in [0, 0.1) is 0 Å². The van der Waals surface area contributed by atoms with Crippen molar-refractivity contribution in [2.75, 3.05) is 7.11 Å². The number of halogens is 3. The van der Waals surface area contributed by atoms with Gasteiger partial charge in [0.1, 0.15) is 5.75 Å². The normalized spacial score (nSPS) is 11.6. The van der Waals surface area contributed by atoms with E-state index in [2.05, 4.69) is 10.1 Å². The molecule has 0 saturated carbocycles. The summed E-state index contributed by atoms with van der Waals surface area (Å²) in [5, 5.41) is 4.26. The Labute approximate surface area is 142 Å². The minimum atomic E-state index is -4.45. The third-order valence-electron chi connectivity index (χ3n) is 3.82. The monoisotopic (exact) mass is 347 g/mol. The van der Waals surface area contributed by atoms with Crippen molar-refractivity contribution >= 4 is 0 Å². The summed E-state index contributed by atoms with van der Waals surface area (Å²) in [6.45, 7) is 0. The first kappa shape index (κ1) is 17.0. The Morgan fingerprint density at radius 3 is 2.44 bits per heavy atom. The van der Waals surface area contributed by atoms with Gasteiger partial charge in [-0.2, -0.15) is 18.3 Å². The quantitative estimate of drug-likeness (QED) is 0.713. The standard InChI is InChI=1S/C18H16F3N3O/c1-24-17(13-8-4-5-9-14(13)18(19,20)21)22-16(23-24)11-12-7-3-6-10-15(12)25-2/h3-10H,11H2,1-2H3. The number of nitrogens with zero attached hydrogens (tertiary/aromatic N) is 3. The summed E-state index contributed by atoms with van der Waals surface area (Å²) >= 11 is 0. The van der Waals surface area contributed by atoms with Crippen LogP contribution in [0.15, 0.2) is 48.5 Å². The van der Waals surface area contributed by atoms with E-state index >= 15 is 0 Å². The molecule has 0 aliphatic heterocycles. The predicted octanol–water partition coefficient (Wildman–Crippen LogP) is 4.10. The molecule has 3 rings (SSSR count). The van der Waals surface area contributed by atoms with Crippen LogP contribution in [0.4, 0.5) is 13.2 Å². The number of benzene rings is 2. The molecule has 0 aliphatic rings. The van der Waals surface area contributed by atoms with Gasteiger partial charge in [-0.3, -0.25) is 0 Å². The molecule has 0 radical (unpaired) electrons. The number of hydrogen-bond acceptors (Lipinski definition) is 3. The predicted molar refractivity (Wildman–Crippen MR) is 87.2 cm³/mol. The first-order valence-corrected chi connectivity index (χ1v) is 7.58. The van der Waals surface area contributed by atoms with E-state index in [1.807, 2.05) is 24.3 Å². The molecule has 0 atom stereocenters. The number of aryl methyl sites for hydroxylation is 1. The van der Waals surface area contributed by atoms with Crippen molar-refractivity contribution in [3.8, 4) is 17.1 Å². The van der Waals surface area contributed by atoms with Gasteiger partial charge < -0.3 is 4.74 Å². The highest BCUT2D eigenvalue weighted by molar-refractivity contribution is 5.61. The molecule has 0 saturated heterocycles. The molecular formula is C18H16F3N3O. The molecule has 0 amide bonds. The van der Waals surface area contributed by atoms with Gasteiger partial charge in [-0.05, 0) is 12.1 Å². The number of ether oxygens (including phenoxy) is 1. The topological polar surface area (TPSA) is 39.9 Å². The zero-order valence-electron chi connectivity index (χ0n) is 13.7. The molecule has 130 valence electrons. The summed E-state index contributed by atoms with van der Waals surface area (Å²) < 4.78 is 46.4. The van der Waals surface area contributed by atoms with Crippen molar-refractivity contribution in [1.29, 1.82) is 0 Å². The van der Waals surface area contributed by atoms with Gasteiger partial charge in [0.25, 0.3) is 0 Å². The van der Waals surface area contributed by atoms with Crippen molar-refractivity contribution in [1.82, 2.24) is 14.8 Å². The smallest absolute Gasteiger partial charge is 0.417 e. The molecule has 4 nitrogen and oxygen atoms in total. The molecular weight excluding hydrogens is 331 g/mol. The molecule has 2 aromatic carbocycles. The number of rotatable bonds is 4. The molecule has 0 N–H and O–H groups in total. The molecule has 3 aromatic rings. The first-order valence-electron chi connectivity index (χ1n) is 7.58. The largest absolute Gasteiger partial charge is 0.496 e. The summed E-state index contributed by atoms with van der Waals surface area (Å²) in [5.41, 5.74) is 0.150. The lowest BCUT2D eigenvalue weighted by Gasteiger charge is -2.11. The van der Waals surface area contributed by atoms with E-state index in [0.29, 0.717) is 18.0 Å². The van der Waals surface area contributed by atoms with Gasteiger partial charge in [0.05, 0.1) is 12.7 Å². The molecule has 1 aromatic heterocycles. The average Bonchev–Trinajstić information content (AvgIpc) is 2.95. The fraction of sp³-hybridized carbons (Fsp3) is 0.222. The number of methoxy groups -OCH3 is 1. The number of hydrogen-bond donors (Lipinski definition) is 0. The number of aromatic nitrogens is 3. The Hall–Kier alpha value is -2.83. The minimum Gasteiger partial charge on any atom is -0.496 e. The zero-order valence-corrected chi connectivity index (χ0v) is 13.7. The van der Waals surface area contributed by atoms with E-state index in [1.165, 1.54) is 16.8 Å². The van der Waals surface area contributed by atoms with Gasteiger partial charge in [-0.15, -0.1) is 0 Å². The Bertz CT molecular complexity index is 887. The van der Waals surface area contributed by atoms with Crippen LogP contribution in [0.5, 0.6) is 5.75 Å². The molecule has 0 unspecified atom stereocenters. The van der Waals surface area contributed by atoms with E-state index in [1.54, 1.807) is 20.2 Å². The Morgan fingerprint density at radius 1 is 1.04 bits per heavy atom. The van der Waals surface area contributed by atoms with Crippen molar-refractivity contribution in [3.05, 3.63) is 65.5 Å². The maximum Gasteiger partial charge on any atom is 0.417 e. The van der Waals surface area contributed by atoms with E-state index in [0.717, 1.165) is 11.6 Å². The fourth-order valence-corrected chi connectivity index (χ4v) is 2.69. The summed E-state index contributed by atoms with van der Waals surface area (Å²) in [5.74, 6) is 1.30. The van der Waals surface area contributed by atoms with Gasteiger partial charge in [-0.1, -0.05) is 36.4 Å². The summed E-state index contributed by atoms with van der Waals surface area (Å²) in [7, 11) is 3.15. The molecule has 0 fully saturated rings. The molecule has 0 bridgehead atoms. The van der Waals surface area contributed by atoms with Crippen LogP contribution in [0.25, 0.3) is 11.4 Å². The van der Waals surface area contributed by atoms with Gasteiger partial charge in [-0.25, -0.2) is 9.67 Å². The molecule has 1 heterocycles. The van der Waals surface area contributed by atoms with Gasteiger partial charge in [0, 0.05) is 24.6 Å². The summed E-state index contributed by atoms with van der Waals surface area (Å²) in [6.07, 6.45) is -4.09. The number of alkyl halides is 3. The van der Waals surface area contributed by atoms with E-state index < -0.39 is 11.7 Å². The van der Waals surface area contributed by atoms with Gasteiger partial charge in [0.15, 0.2) is 11.6 Å². The van der Waals surface area contributed by atoms with E-state index in [9.17, 15) is 13.2 Å². The van der Waals surface area contributed by atoms with Crippen LogP contribution in [-0.2, 0) is 19.6 Å². The highest BCUT2D eigenvalue weighted by atomic mass is 19.4. The van der Waals surface area contributed by atoms with Crippen LogP contribution in [0.2, 0.25) is 0 Å². The highest BCUT2D eigenvalue weighted by Crippen LogP contribution is 2.36. The minimum absolute atomic E-state index is 0.0104. The molecule has 25 heavy (non-hydrogen) atoms. The SMILES string of the molecule is COc1ccccc1Cc1nc(-c2ccccc2C(F)(F)F)n(C)n1. The van der Waals surface area contributed by atoms with Crippen molar-refractivity contribution in [2.24, 2.45) is 7.05 Å². The third-order valence-corrected chi connectivity index (χ3v) is 3.82. The summed E-state index contributed by atoms with van der Waals surface area (Å²) in [4.78, 5) is 4.32. The van der Waals surface area contributed by atoms with E-state index in [4.69, 9.17) is 4.74 Å². The lowest BCUT2D eigenvalue weighted by molar-refractivity contribution is -0.137. The van der Waals surface area contributed by atoms with Crippen LogP contribution >= 0.6 is 0 Å². The molecule has 7 heteroatoms. The maximum absolute atomic E-state index is 13.2. The van der Waals surface area contributed by atoms with E-state index in [-0.39, 0.29) is 11.4 Å². The Kier molecular flexibility index (Phi) is 4.48. The van der Waals surface area contributed by atoms with Crippen molar-refractivity contribution < 1.29 is 17.9 Å². The Balaban J connectivity index is 2.00. The number of para-hydroxylation sites is 1. The highest BCUT2D eigenvalue weighted by Gasteiger charge is 2.34. The van der Waals surface area contributed by atoms with Crippen LogP contribution in [0.1, 0.15) is 17.0 Å². The van der Waals surface area contributed by atoms with Crippen LogP contribution < -0.4 is 4.74 Å². The Morgan fingerprint density at radius 2 is 1.72 bits per heavy atom. The van der Waals surface area contributed by atoms with Crippen molar-refractivity contribution in [3.63, 3.8) is 0 Å². The van der Waals surface area contributed by atoms with Gasteiger partial charge >= 0.3 is 6.18 Å². The van der Waals surface area contributed by atoms with Gasteiger partial charge in [0.2, 0.25) is 0 Å². The third kappa shape index (κ3) is 3.50. The first-order chi connectivity index (χ1) is 11.9. The molecule has 0 aliphatic carbocycles. The maximum atomic E-state index is 13.2. The fourth-order valence-electron chi connectivity index (χ4n) is 2.69. The summed E-state index contributed by atoms with van der Waals surface area (Å²) in [6, 6.07) is 12.8. The lowest BCUT2D eigenvalue weighted by atomic mass is 10.1. The second-order valence-electron chi connectivity index (χ2n) is 5.51. The van der Waals surface area contributed by atoms with Crippen LogP contribution in [0.3, 0.4) is 0 Å². The second-order valence-corrected chi connectivity index (χ2v) is 5.51. The van der Waals surface area contributed by atoms with Crippen molar-refractivity contribution in [2.45, 2.75) is 12.6 Å². The lowest BCUT2D eigenvalue weighted by Crippen LogP contribution is -2.08. The molecule has 0 spiro atoms. The van der Waals surface area contributed by atoms with Crippen LogP contribution in [-0.4, -0.2) is 21.9 Å².